The average Bonchev–Trinajstić information content (AvgIpc) is 2.46. The van der Waals surface area contributed by atoms with Gasteiger partial charge in [-0.3, -0.25) is 4.79 Å². The molecule has 2 nitrogen and oxygen atoms in total. The molecule has 7 heteroatoms. The molecule has 0 saturated carbocycles. The lowest BCUT2D eigenvalue weighted by atomic mass is 10.2. The Morgan fingerprint density at radius 3 is 2.52 bits per heavy atom. The van der Waals surface area contributed by atoms with Crippen molar-refractivity contribution in [3.63, 3.8) is 0 Å². The van der Waals surface area contributed by atoms with Crippen LogP contribution in [0.5, 0.6) is 0 Å². The minimum atomic E-state index is -4.40. The van der Waals surface area contributed by atoms with Crippen molar-refractivity contribution in [3.8, 4) is 0 Å². The van der Waals surface area contributed by atoms with Crippen molar-refractivity contribution < 1.29 is 18.0 Å². The number of hydrogen-bond donors (Lipinski definition) is 1. The van der Waals surface area contributed by atoms with Crippen molar-refractivity contribution in [2.75, 3.05) is 5.32 Å². The first-order chi connectivity index (χ1) is 10.8. The van der Waals surface area contributed by atoms with Crippen LogP contribution in [-0.4, -0.2) is 11.2 Å². The van der Waals surface area contributed by atoms with Gasteiger partial charge in [-0.1, -0.05) is 23.7 Å². The first-order valence-corrected chi connectivity index (χ1v) is 7.92. The van der Waals surface area contributed by atoms with E-state index in [1.165, 1.54) is 6.07 Å². The molecule has 122 valence electrons. The zero-order chi connectivity index (χ0) is 17.0. The maximum absolute atomic E-state index is 12.7. The van der Waals surface area contributed by atoms with E-state index >= 15 is 0 Å². The van der Waals surface area contributed by atoms with Gasteiger partial charge in [-0.25, -0.2) is 0 Å². The Kier molecular flexibility index (Phi) is 5.59. The summed E-state index contributed by atoms with van der Waals surface area (Å²) in [6.07, 6.45) is -4.40. The van der Waals surface area contributed by atoms with Crippen molar-refractivity contribution in [2.24, 2.45) is 0 Å². The van der Waals surface area contributed by atoms with Crippen molar-refractivity contribution in [1.82, 2.24) is 0 Å². The lowest BCUT2D eigenvalue weighted by molar-refractivity contribution is -0.137. The smallest absolute Gasteiger partial charge is 0.325 e. The van der Waals surface area contributed by atoms with Gasteiger partial charge < -0.3 is 5.32 Å². The van der Waals surface area contributed by atoms with Crippen LogP contribution in [0.3, 0.4) is 0 Å². The van der Waals surface area contributed by atoms with Crippen LogP contribution in [-0.2, 0) is 11.0 Å². The number of hydrogen-bond acceptors (Lipinski definition) is 2. The van der Waals surface area contributed by atoms with E-state index in [9.17, 15) is 18.0 Å². The number of thioether (sulfide) groups is 1. The minimum Gasteiger partial charge on any atom is -0.325 e. The van der Waals surface area contributed by atoms with Gasteiger partial charge in [0.1, 0.15) is 0 Å². The number of carbonyl (C=O) groups excluding carboxylic acids is 1. The monoisotopic (exact) mass is 359 g/mol. The van der Waals surface area contributed by atoms with Crippen molar-refractivity contribution in [2.45, 2.75) is 23.2 Å². The first kappa shape index (κ1) is 17.7. The highest BCUT2D eigenvalue weighted by Crippen LogP contribution is 2.33. The number of benzene rings is 2. The fraction of sp³-hybridized carbons (Fsp3) is 0.188. The van der Waals surface area contributed by atoms with Gasteiger partial charge in [0.25, 0.3) is 0 Å². The highest BCUT2D eigenvalue weighted by atomic mass is 35.5. The second-order valence-corrected chi connectivity index (χ2v) is 6.64. The van der Waals surface area contributed by atoms with Gasteiger partial charge in [0, 0.05) is 15.6 Å². The molecule has 0 fully saturated rings. The SMILES string of the molecule is C[C@H](Sc1cccc(C(F)(F)F)c1)C(=O)Nc1cccc(Cl)c1. The third kappa shape index (κ3) is 5.18. The zero-order valence-corrected chi connectivity index (χ0v) is 13.6. The highest BCUT2D eigenvalue weighted by molar-refractivity contribution is 8.00. The summed E-state index contributed by atoms with van der Waals surface area (Å²) in [7, 11) is 0. The normalized spacial score (nSPS) is 12.7. The molecule has 0 aliphatic heterocycles. The fourth-order valence-corrected chi connectivity index (χ4v) is 2.93. The zero-order valence-electron chi connectivity index (χ0n) is 12.0. The molecular formula is C16H13ClF3NOS. The fourth-order valence-electron chi connectivity index (χ4n) is 1.81. The van der Waals surface area contributed by atoms with E-state index in [1.807, 2.05) is 0 Å². The molecule has 2 rings (SSSR count). The highest BCUT2D eigenvalue weighted by Gasteiger charge is 2.30. The Morgan fingerprint density at radius 2 is 1.87 bits per heavy atom. The number of alkyl halides is 3. The summed E-state index contributed by atoms with van der Waals surface area (Å²) in [6, 6.07) is 11.6. The molecule has 0 bridgehead atoms. The van der Waals surface area contributed by atoms with E-state index in [0.29, 0.717) is 15.6 Å². The molecule has 2 aromatic rings. The molecule has 0 spiro atoms. The van der Waals surface area contributed by atoms with Gasteiger partial charge >= 0.3 is 6.18 Å². The van der Waals surface area contributed by atoms with Gasteiger partial charge in [0.15, 0.2) is 0 Å². The molecule has 23 heavy (non-hydrogen) atoms. The maximum Gasteiger partial charge on any atom is 0.416 e. The lowest BCUT2D eigenvalue weighted by Crippen LogP contribution is -2.22. The van der Waals surface area contributed by atoms with Crippen LogP contribution in [0, 0.1) is 0 Å². The Labute approximate surface area is 141 Å². The van der Waals surface area contributed by atoms with E-state index in [1.54, 1.807) is 37.3 Å². The van der Waals surface area contributed by atoms with Crippen LogP contribution in [0.2, 0.25) is 5.02 Å². The van der Waals surface area contributed by atoms with E-state index in [0.717, 1.165) is 23.9 Å². The summed E-state index contributed by atoms with van der Waals surface area (Å²) < 4.78 is 38.1. The van der Waals surface area contributed by atoms with E-state index < -0.39 is 17.0 Å². The Morgan fingerprint density at radius 1 is 1.17 bits per heavy atom. The van der Waals surface area contributed by atoms with E-state index in [4.69, 9.17) is 11.6 Å². The molecule has 0 saturated heterocycles. The average molecular weight is 360 g/mol. The second-order valence-electron chi connectivity index (χ2n) is 4.79. The van der Waals surface area contributed by atoms with Crippen LogP contribution in [0.1, 0.15) is 12.5 Å². The molecule has 0 unspecified atom stereocenters. The molecule has 1 N–H and O–H groups in total. The number of rotatable bonds is 4. The standard InChI is InChI=1S/C16H13ClF3NOS/c1-10(15(22)21-13-6-3-5-12(17)9-13)23-14-7-2-4-11(8-14)16(18,19)20/h2-10H,1H3,(H,21,22)/t10-/m0/s1. The van der Waals surface area contributed by atoms with Crippen LogP contribution in [0.25, 0.3) is 0 Å². The summed E-state index contributed by atoms with van der Waals surface area (Å²) in [5.41, 5.74) is -0.191. The summed E-state index contributed by atoms with van der Waals surface area (Å²) in [5.74, 6) is -0.310. The van der Waals surface area contributed by atoms with Gasteiger partial charge in [-0.05, 0) is 43.3 Å². The van der Waals surface area contributed by atoms with Gasteiger partial charge in [-0.15, -0.1) is 11.8 Å². The predicted molar refractivity (Wildman–Crippen MR) is 86.8 cm³/mol. The Balaban J connectivity index is 2.04. The summed E-state index contributed by atoms with van der Waals surface area (Å²) >= 11 is 6.90. The molecule has 0 aromatic heterocycles. The molecule has 0 radical (unpaired) electrons. The van der Waals surface area contributed by atoms with Crippen molar-refractivity contribution >= 4 is 35.0 Å². The molecule has 2 aromatic carbocycles. The van der Waals surface area contributed by atoms with Crippen molar-refractivity contribution in [1.29, 1.82) is 0 Å². The molecular weight excluding hydrogens is 347 g/mol. The van der Waals surface area contributed by atoms with Crippen LogP contribution >= 0.6 is 23.4 Å². The van der Waals surface area contributed by atoms with Crippen LogP contribution in [0.4, 0.5) is 18.9 Å². The van der Waals surface area contributed by atoms with Crippen LogP contribution < -0.4 is 5.32 Å². The predicted octanol–water partition coefficient (Wildman–Crippen LogP) is 5.48. The summed E-state index contributed by atoms with van der Waals surface area (Å²) in [4.78, 5) is 12.5. The van der Waals surface area contributed by atoms with Crippen molar-refractivity contribution in [3.05, 3.63) is 59.1 Å². The van der Waals surface area contributed by atoms with Gasteiger partial charge in [0.05, 0.1) is 10.8 Å². The number of nitrogens with one attached hydrogen (secondary N) is 1. The second kappa shape index (κ2) is 7.27. The molecule has 1 atom stereocenters. The molecule has 0 aliphatic rings. The van der Waals surface area contributed by atoms with Crippen LogP contribution in [0.15, 0.2) is 53.4 Å². The van der Waals surface area contributed by atoms with E-state index in [2.05, 4.69) is 5.32 Å². The topological polar surface area (TPSA) is 29.1 Å². The summed E-state index contributed by atoms with van der Waals surface area (Å²) in [5, 5.41) is 2.61. The molecule has 0 heterocycles. The number of amides is 1. The minimum absolute atomic E-state index is 0.310. The maximum atomic E-state index is 12.7. The molecule has 1 amide bonds. The quantitative estimate of drug-likeness (QED) is 0.732. The third-order valence-electron chi connectivity index (χ3n) is 2.94. The largest absolute Gasteiger partial charge is 0.416 e. The molecule has 0 aliphatic carbocycles. The third-order valence-corrected chi connectivity index (χ3v) is 4.26. The van der Waals surface area contributed by atoms with Gasteiger partial charge in [-0.2, -0.15) is 13.2 Å². The van der Waals surface area contributed by atoms with E-state index in [-0.39, 0.29) is 5.91 Å². The number of halogens is 4. The number of carbonyl (C=O) groups is 1. The Hall–Kier alpha value is -1.66. The first-order valence-electron chi connectivity index (χ1n) is 6.66. The van der Waals surface area contributed by atoms with Gasteiger partial charge in [0.2, 0.25) is 5.91 Å². The lowest BCUT2D eigenvalue weighted by Gasteiger charge is -2.13. The Bertz CT molecular complexity index is 706. The number of anilines is 1. The summed E-state index contributed by atoms with van der Waals surface area (Å²) in [6.45, 7) is 1.63.